The second-order valence-corrected chi connectivity index (χ2v) is 4.47. The molecular formula is C14H14N4O2. The zero-order valence-corrected chi connectivity index (χ0v) is 11.0. The molecule has 6 heteroatoms. The number of ether oxygens (including phenoxy) is 1. The smallest absolute Gasteiger partial charge is 0.360 e. The highest BCUT2D eigenvalue weighted by atomic mass is 16.5. The number of esters is 1. The molecule has 20 heavy (non-hydrogen) atoms. The fourth-order valence-electron chi connectivity index (χ4n) is 2.18. The van der Waals surface area contributed by atoms with Gasteiger partial charge >= 0.3 is 5.97 Å². The minimum Gasteiger partial charge on any atom is -0.464 e. The zero-order chi connectivity index (χ0) is 13.9. The minimum absolute atomic E-state index is 0.228. The molecule has 1 aromatic carbocycles. The number of aromatic nitrogens is 4. The van der Waals surface area contributed by atoms with E-state index in [1.807, 2.05) is 24.4 Å². The summed E-state index contributed by atoms with van der Waals surface area (Å²) < 4.78 is 6.24. The molecule has 2 aromatic heterocycles. The molecule has 0 aliphatic carbocycles. The average molecular weight is 270 g/mol. The fourth-order valence-corrected chi connectivity index (χ4v) is 2.18. The molecule has 1 N–H and O–H groups in total. The van der Waals surface area contributed by atoms with Crippen LogP contribution in [0.3, 0.4) is 0 Å². The van der Waals surface area contributed by atoms with Crippen LogP contribution in [0.4, 0.5) is 0 Å². The van der Waals surface area contributed by atoms with Crippen molar-refractivity contribution in [1.29, 1.82) is 0 Å². The van der Waals surface area contributed by atoms with Gasteiger partial charge in [0.25, 0.3) is 0 Å². The topological polar surface area (TPSA) is 72.8 Å². The second-order valence-electron chi connectivity index (χ2n) is 4.47. The number of hydrogen-bond acceptors (Lipinski definition) is 4. The van der Waals surface area contributed by atoms with Gasteiger partial charge < -0.3 is 9.72 Å². The van der Waals surface area contributed by atoms with Gasteiger partial charge in [-0.2, -0.15) is 0 Å². The van der Waals surface area contributed by atoms with Gasteiger partial charge in [0.05, 0.1) is 13.3 Å². The van der Waals surface area contributed by atoms with Crippen molar-refractivity contribution < 1.29 is 9.53 Å². The van der Waals surface area contributed by atoms with Crippen molar-refractivity contribution >= 4 is 16.9 Å². The van der Waals surface area contributed by atoms with Gasteiger partial charge in [-0.05, 0) is 18.1 Å². The van der Waals surface area contributed by atoms with Crippen molar-refractivity contribution in [2.24, 2.45) is 0 Å². The molecule has 0 amide bonds. The van der Waals surface area contributed by atoms with Crippen molar-refractivity contribution in [3.63, 3.8) is 0 Å². The molecule has 0 aliphatic heterocycles. The Morgan fingerprint density at radius 2 is 2.25 bits per heavy atom. The first-order valence-electron chi connectivity index (χ1n) is 6.31. The van der Waals surface area contributed by atoms with Crippen LogP contribution in [0.5, 0.6) is 0 Å². The average Bonchev–Trinajstić information content (AvgIpc) is 3.11. The lowest BCUT2D eigenvalue weighted by atomic mass is 10.1. The van der Waals surface area contributed by atoms with E-state index < -0.39 is 5.97 Å². The van der Waals surface area contributed by atoms with E-state index in [9.17, 15) is 4.79 Å². The third kappa shape index (κ3) is 2.27. The zero-order valence-electron chi connectivity index (χ0n) is 11.0. The summed E-state index contributed by atoms with van der Waals surface area (Å²) in [6.07, 6.45) is 4.41. The molecule has 0 saturated carbocycles. The number of aromatic amines is 1. The summed E-state index contributed by atoms with van der Waals surface area (Å²) in [5.74, 6) is -0.469. The number of rotatable bonds is 4. The van der Waals surface area contributed by atoms with Crippen molar-refractivity contribution in [1.82, 2.24) is 20.0 Å². The first kappa shape index (κ1) is 12.4. The lowest BCUT2D eigenvalue weighted by Crippen LogP contribution is -2.02. The number of nitrogens with one attached hydrogen (secondary N) is 1. The van der Waals surface area contributed by atoms with E-state index in [0.29, 0.717) is 6.54 Å². The van der Waals surface area contributed by atoms with Crippen LogP contribution >= 0.6 is 0 Å². The summed E-state index contributed by atoms with van der Waals surface area (Å²) in [4.78, 5) is 14.5. The first-order chi connectivity index (χ1) is 9.78. The van der Waals surface area contributed by atoms with Gasteiger partial charge in [-0.3, -0.25) is 4.68 Å². The van der Waals surface area contributed by atoms with Crippen LogP contribution < -0.4 is 0 Å². The number of methoxy groups -OCH3 is 1. The summed E-state index contributed by atoms with van der Waals surface area (Å²) in [7, 11) is 1.33. The molecular weight excluding hydrogens is 256 g/mol. The molecule has 0 spiro atoms. The van der Waals surface area contributed by atoms with Crippen LogP contribution in [0.15, 0.2) is 36.7 Å². The number of nitrogens with zero attached hydrogens (tertiary/aromatic N) is 3. The fraction of sp³-hybridized carbons (Fsp3) is 0.214. The van der Waals surface area contributed by atoms with E-state index in [1.165, 1.54) is 18.1 Å². The molecule has 2 heterocycles. The molecule has 3 aromatic rings. The molecule has 0 saturated heterocycles. The predicted octanol–water partition coefficient (Wildman–Crippen LogP) is 1.79. The van der Waals surface area contributed by atoms with Gasteiger partial charge in [0.15, 0.2) is 5.69 Å². The maximum Gasteiger partial charge on any atom is 0.360 e. The predicted molar refractivity (Wildman–Crippen MR) is 73.4 cm³/mol. The monoisotopic (exact) mass is 270 g/mol. The van der Waals surface area contributed by atoms with Crippen molar-refractivity contribution in [2.45, 2.75) is 13.0 Å². The summed E-state index contributed by atoms with van der Waals surface area (Å²) >= 11 is 0. The molecule has 3 rings (SSSR count). The molecule has 0 unspecified atom stereocenters. The van der Waals surface area contributed by atoms with E-state index in [4.69, 9.17) is 0 Å². The Morgan fingerprint density at radius 3 is 3.10 bits per heavy atom. The Hall–Kier alpha value is -2.63. The lowest BCUT2D eigenvalue weighted by Gasteiger charge is -1.99. The number of fused-ring (bicyclic) bond motifs is 1. The number of carbonyl (C=O) groups excluding carboxylic acids is 1. The van der Waals surface area contributed by atoms with Gasteiger partial charge in [0.2, 0.25) is 0 Å². The first-order valence-corrected chi connectivity index (χ1v) is 6.31. The second kappa shape index (κ2) is 5.16. The van der Waals surface area contributed by atoms with Crippen molar-refractivity contribution in [3.05, 3.63) is 47.9 Å². The molecule has 6 nitrogen and oxygen atoms in total. The van der Waals surface area contributed by atoms with E-state index in [2.05, 4.69) is 26.1 Å². The number of hydrogen-bond donors (Lipinski definition) is 1. The van der Waals surface area contributed by atoms with E-state index in [1.54, 1.807) is 10.9 Å². The number of H-pyrrole nitrogens is 1. The van der Waals surface area contributed by atoms with E-state index in [0.717, 1.165) is 11.9 Å². The Morgan fingerprint density at radius 1 is 1.40 bits per heavy atom. The number of para-hydroxylation sites is 1. The molecule has 102 valence electrons. The lowest BCUT2D eigenvalue weighted by molar-refractivity contribution is 0.0594. The normalized spacial score (nSPS) is 10.8. The standard InChI is InChI=1S/C14H14N4O2/c1-20-14(19)13-9-18(17-16-13)7-6-10-8-15-12-5-3-2-4-11(10)12/h2-5,8-9,15H,6-7H2,1H3. The number of benzene rings is 1. The van der Waals surface area contributed by atoms with E-state index in [-0.39, 0.29) is 5.69 Å². The van der Waals surface area contributed by atoms with Crippen LogP contribution in [-0.4, -0.2) is 33.1 Å². The molecule has 0 atom stereocenters. The quantitative estimate of drug-likeness (QED) is 0.733. The summed E-state index contributed by atoms with van der Waals surface area (Å²) in [6, 6.07) is 8.15. The molecule has 0 radical (unpaired) electrons. The Bertz CT molecular complexity index is 744. The van der Waals surface area contributed by atoms with Gasteiger partial charge in [-0.1, -0.05) is 23.4 Å². The van der Waals surface area contributed by atoms with Crippen molar-refractivity contribution in [2.75, 3.05) is 7.11 Å². The molecule has 0 fully saturated rings. The van der Waals surface area contributed by atoms with Crippen LogP contribution in [0.1, 0.15) is 16.1 Å². The van der Waals surface area contributed by atoms with Crippen LogP contribution in [0.25, 0.3) is 10.9 Å². The Labute approximate surface area is 115 Å². The Kier molecular flexibility index (Phi) is 3.20. The largest absolute Gasteiger partial charge is 0.464 e. The summed E-state index contributed by atoms with van der Waals surface area (Å²) in [6.45, 7) is 0.659. The molecule has 0 bridgehead atoms. The Balaban J connectivity index is 1.73. The maximum absolute atomic E-state index is 11.3. The molecule has 0 aliphatic rings. The van der Waals surface area contributed by atoms with Gasteiger partial charge in [0.1, 0.15) is 0 Å². The third-order valence-electron chi connectivity index (χ3n) is 3.22. The third-order valence-corrected chi connectivity index (χ3v) is 3.22. The highest BCUT2D eigenvalue weighted by Gasteiger charge is 2.10. The van der Waals surface area contributed by atoms with E-state index >= 15 is 0 Å². The minimum atomic E-state index is -0.469. The van der Waals surface area contributed by atoms with Crippen LogP contribution in [0, 0.1) is 0 Å². The summed E-state index contributed by atoms with van der Waals surface area (Å²) in [5.41, 5.74) is 2.57. The van der Waals surface area contributed by atoms with Crippen LogP contribution in [0.2, 0.25) is 0 Å². The highest BCUT2D eigenvalue weighted by molar-refractivity contribution is 5.86. The number of aryl methyl sites for hydroxylation is 2. The van der Waals surface area contributed by atoms with Crippen molar-refractivity contribution in [3.8, 4) is 0 Å². The van der Waals surface area contributed by atoms with Gasteiger partial charge in [-0.15, -0.1) is 5.10 Å². The summed E-state index contributed by atoms with van der Waals surface area (Å²) in [5, 5.41) is 8.91. The van der Waals surface area contributed by atoms with Gasteiger partial charge in [0, 0.05) is 23.6 Å². The van der Waals surface area contributed by atoms with Gasteiger partial charge in [-0.25, -0.2) is 4.79 Å². The maximum atomic E-state index is 11.3. The van der Waals surface area contributed by atoms with Crippen LogP contribution in [-0.2, 0) is 17.7 Å². The highest BCUT2D eigenvalue weighted by Crippen LogP contribution is 2.18. The number of carbonyl (C=O) groups is 1. The SMILES string of the molecule is COC(=O)c1cn(CCc2c[nH]c3ccccc23)nn1.